The minimum absolute atomic E-state index is 0.0207. The third-order valence-electron chi connectivity index (χ3n) is 3.14. The number of halogens is 2. The molecule has 0 aliphatic rings. The van der Waals surface area contributed by atoms with Gasteiger partial charge in [0, 0.05) is 5.56 Å². The monoisotopic (exact) mass is 342 g/mol. The molecule has 2 rings (SSSR count). The largest absolute Gasteiger partial charge is 0.493 e. The molecule has 0 saturated carbocycles. The Balaban J connectivity index is 2.27. The van der Waals surface area contributed by atoms with E-state index in [4.69, 9.17) is 31.6 Å². The Bertz CT molecular complexity index is 850. The third kappa shape index (κ3) is 4.25. The van der Waals surface area contributed by atoms with E-state index in [2.05, 4.69) is 0 Å². The lowest BCUT2D eigenvalue weighted by Gasteiger charge is -2.12. The van der Waals surface area contributed by atoms with Crippen molar-refractivity contribution >= 4 is 17.7 Å². The molecule has 2 aromatic carbocycles. The van der Waals surface area contributed by atoms with Gasteiger partial charge in [0.1, 0.15) is 30.1 Å². The lowest BCUT2D eigenvalue weighted by Crippen LogP contribution is -1.99. The van der Waals surface area contributed by atoms with Gasteiger partial charge in [0.05, 0.1) is 12.1 Å². The number of benzene rings is 2. The molecule has 0 atom stereocenters. The van der Waals surface area contributed by atoms with Gasteiger partial charge in [-0.15, -0.1) is 0 Å². The van der Waals surface area contributed by atoms with E-state index in [1.807, 2.05) is 0 Å². The Morgan fingerprint density at radius 1 is 1.17 bits per heavy atom. The summed E-state index contributed by atoms with van der Waals surface area (Å²) in [5, 5.41) is 17.9. The maximum absolute atomic E-state index is 13.1. The van der Waals surface area contributed by atoms with Crippen molar-refractivity contribution in [1.29, 1.82) is 10.5 Å². The maximum atomic E-state index is 13.1. The van der Waals surface area contributed by atoms with Crippen LogP contribution in [0.5, 0.6) is 11.5 Å². The van der Waals surface area contributed by atoms with Crippen LogP contribution in [0, 0.1) is 28.5 Å². The van der Waals surface area contributed by atoms with Gasteiger partial charge in [0.25, 0.3) is 0 Å². The van der Waals surface area contributed by atoms with Crippen LogP contribution in [-0.4, -0.2) is 7.11 Å². The normalized spacial score (nSPS) is 9.54. The van der Waals surface area contributed by atoms with E-state index < -0.39 is 5.82 Å². The van der Waals surface area contributed by atoms with E-state index in [1.54, 1.807) is 30.3 Å². The van der Waals surface area contributed by atoms with Gasteiger partial charge >= 0.3 is 0 Å². The van der Waals surface area contributed by atoms with Crippen molar-refractivity contribution in [3.8, 4) is 23.6 Å². The summed E-state index contributed by atoms with van der Waals surface area (Å²) in [5.41, 5.74) is 1.22. The summed E-state index contributed by atoms with van der Waals surface area (Å²) in [7, 11) is 1.50. The number of nitrogens with zero attached hydrogens (tertiary/aromatic N) is 2. The van der Waals surface area contributed by atoms with Crippen molar-refractivity contribution in [2.45, 2.75) is 6.61 Å². The second-order valence-corrected chi connectivity index (χ2v) is 5.12. The van der Waals surface area contributed by atoms with Crippen LogP contribution in [-0.2, 0) is 6.61 Å². The highest BCUT2D eigenvalue weighted by atomic mass is 35.5. The van der Waals surface area contributed by atoms with Crippen molar-refractivity contribution in [2.24, 2.45) is 0 Å². The van der Waals surface area contributed by atoms with Gasteiger partial charge < -0.3 is 9.47 Å². The lowest BCUT2D eigenvalue weighted by molar-refractivity contribution is 0.284. The second kappa shape index (κ2) is 8.01. The number of rotatable bonds is 5. The number of hydrogen-bond acceptors (Lipinski definition) is 4. The number of methoxy groups -OCH3 is 1. The fourth-order valence-electron chi connectivity index (χ4n) is 1.95. The topological polar surface area (TPSA) is 66.0 Å². The molecule has 0 fully saturated rings. The third-order valence-corrected chi connectivity index (χ3v) is 3.49. The average Bonchev–Trinajstić information content (AvgIpc) is 2.59. The van der Waals surface area contributed by atoms with E-state index >= 15 is 0 Å². The maximum Gasteiger partial charge on any atom is 0.162 e. The van der Waals surface area contributed by atoms with Crippen LogP contribution < -0.4 is 9.47 Å². The Morgan fingerprint density at radius 3 is 2.54 bits per heavy atom. The summed E-state index contributed by atoms with van der Waals surface area (Å²) >= 11 is 5.97. The van der Waals surface area contributed by atoms with Crippen LogP contribution in [0.15, 0.2) is 42.0 Å². The van der Waals surface area contributed by atoms with Crippen molar-refractivity contribution in [3.63, 3.8) is 0 Å². The van der Waals surface area contributed by atoms with E-state index in [1.165, 1.54) is 31.4 Å². The average molecular weight is 343 g/mol. The predicted molar refractivity (Wildman–Crippen MR) is 87.9 cm³/mol. The molecule has 0 radical (unpaired) electrons. The second-order valence-electron chi connectivity index (χ2n) is 4.72. The standard InChI is InChI=1S/C18H12ClFN2O2/c1-23-17-5-2-12(6-13(9-21)10-22)7-18(17)24-11-14-3-4-15(20)8-16(14)19/h2-8H,11H2,1H3. The fraction of sp³-hybridized carbons (Fsp3) is 0.111. The number of ether oxygens (including phenoxy) is 2. The SMILES string of the molecule is COc1ccc(C=C(C#N)C#N)cc1OCc1ccc(F)cc1Cl. The van der Waals surface area contributed by atoms with Crippen LogP contribution in [0.2, 0.25) is 5.02 Å². The summed E-state index contributed by atoms with van der Waals surface area (Å²) in [6.07, 6.45) is 1.44. The molecule has 24 heavy (non-hydrogen) atoms. The zero-order valence-corrected chi connectivity index (χ0v) is 13.5. The highest BCUT2D eigenvalue weighted by Gasteiger charge is 2.08. The first kappa shape index (κ1) is 17.3. The highest BCUT2D eigenvalue weighted by molar-refractivity contribution is 6.31. The lowest BCUT2D eigenvalue weighted by atomic mass is 10.1. The van der Waals surface area contributed by atoms with Crippen molar-refractivity contribution in [2.75, 3.05) is 7.11 Å². The summed E-state index contributed by atoms with van der Waals surface area (Å²) in [4.78, 5) is 0. The van der Waals surface area contributed by atoms with E-state index in [0.29, 0.717) is 22.6 Å². The van der Waals surface area contributed by atoms with E-state index in [9.17, 15) is 4.39 Å². The van der Waals surface area contributed by atoms with Crippen LogP contribution >= 0.6 is 11.6 Å². The first-order valence-electron chi connectivity index (χ1n) is 6.84. The number of hydrogen-bond donors (Lipinski definition) is 0. The molecule has 120 valence electrons. The van der Waals surface area contributed by atoms with Crippen LogP contribution in [0.3, 0.4) is 0 Å². The molecule has 0 aliphatic heterocycles. The van der Waals surface area contributed by atoms with Crippen LogP contribution in [0.25, 0.3) is 6.08 Å². The molecule has 0 aliphatic carbocycles. The molecule has 0 bridgehead atoms. The summed E-state index contributed by atoms with van der Waals surface area (Å²) in [6, 6.07) is 12.6. The quantitative estimate of drug-likeness (QED) is 0.750. The highest BCUT2D eigenvalue weighted by Crippen LogP contribution is 2.30. The van der Waals surface area contributed by atoms with Crippen LogP contribution in [0.4, 0.5) is 4.39 Å². The minimum Gasteiger partial charge on any atom is -0.493 e. The molecule has 2 aromatic rings. The van der Waals surface area contributed by atoms with Gasteiger partial charge in [-0.25, -0.2) is 4.39 Å². The molecule has 0 aromatic heterocycles. The number of allylic oxidation sites excluding steroid dienone is 1. The van der Waals surface area contributed by atoms with Gasteiger partial charge in [-0.3, -0.25) is 0 Å². The van der Waals surface area contributed by atoms with Crippen LogP contribution in [0.1, 0.15) is 11.1 Å². The number of nitriles is 2. The Kier molecular flexibility index (Phi) is 5.78. The fourth-order valence-corrected chi connectivity index (χ4v) is 2.17. The molecular weight excluding hydrogens is 331 g/mol. The van der Waals surface area contributed by atoms with Crippen molar-refractivity contribution in [3.05, 3.63) is 63.9 Å². The summed E-state index contributed by atoms with van der Waals surface area (Å²) < 4.78 is 24.0. The Morgan fingerprint density at radius 2 is 1.92 bits per heavy atom. The minimum atomic E-state index is -0.422. The molecule has 4 nitrogen and oxygen atoms in total. The molecular formula is C18H12ClFN2O2. The van der Waals surface area contributed by atoms with Crippen molar-refractivity contribution < 1.29 is 13.9 Å². The van der Waals surface area contributed by atoms with Crippen molar-refractivity contribution in [1.82, 2.24) is 0 Å². The zero-order chi connectivity index (χ0) is 17.5. The molecule has 0 unspecified atom stereocenters. The van der Waals surface area contributed by atoms with Gasteiger partial charge in [-0.2, -0.15) is 10.5 Å². The molecule has 0 saturated heterocycles. The predicted octanol–water partition coefficient (Wildman–Crippen LogP) is 4.50. The Labute approximate surface area is 143 Å². The Hall–Kier alpha value is -3.02. The smallest absolute Gasteiger partial charge is 0.162 e. The molecule has 0 heterocycles. The molecule has 0 spiro atoms. The molecule has 0 amide bonds. The van der Waals surface area contributed by atoms with E-state index in [-0.39, 0.29) is 17.2 Å². The van der Waals surface area contributed by atoms with Gasteiger partial charge in [0.2, 0.25) is 0 Å². The first-order chi connectivity index (χ1) is 11.6. The first-order valence-corrected chi connectivity index (χ1v) is 7.22. The van der Waals surface area contributed by atoms with E-state index in [0.717, 1.165) is 0 Å². The zero-order valence-electron chi connectivity index (χ0n) is 12.7. The van der Waals surface area contributed by atoms with Gasteiger partial charge in [-0.1, -0.05) is 23.7 Å². The summed E-state index contributed by atoms with van der Waals surface area (Å²) in [6.45, 7) is 0.117. The van der Waals surface area contributed by atoms with Gasteiger partial charge in [0.15, 0.2) is 11.5 Å². The summed E-state index contributed by atoms with van der Waals surface area (Å²) in [5.74, 6) is 0.483. The molecule has 6 heteroatoms. The molecule has 0 N–H and O–H groups in total. The van der Waals surface area contributed by atoms with Gasteiger partial charge in [-0.05, 0) is 35.9 Å².